The fourth-order valence-corrected chi connectivity index (χ4v) is 5.34. The van der Waals surface area contributed by atoms with Gasteiger partial charge in [0, 0.05) is 26.1 Å². The third kappa shape index (κ3) is 3.91. The van der Waals surface area contributed by atoms with Crippen LogP contribution in [-0.2, 0) is 23.2 Å². The van der Waals surface area contributed by atoms with E-state index in [4.69, 9.17) is 9.47 Å². The molecule has 10 nitrogen and oxygen atoms in total. The predicted molar refractivity (Wildman–Crippen MR) is 116 cm³/mol. The van der Waals surface area contributed by atoms with E-state index in [0.717, 1.165) is 6.54 Å². The van der Waals surface area contributed by atoms with Gasteiger partial charge in [-0.3, -0.25) is 9.78 Å². The molecule has 10 heteroatoms. The molecule has 2 aromatic rings. The molecule has 0 saturated heterocycles. The molecule has 4 saturated carbocycles. The molecule has 0 radical (unpaired) electrons. The molecule has 4 aliphatic rings. The van der Waals surface area contributed by atoms with Crippen LogP contribution in [-0.4, -0.2) is 62.2 Å². The Morgan fingerprint density at radius 1 is 1.27 bits per heavy atom. The zero-order valence-corrected chi connectivity index (χ0v) is 19.0. The summed E-state index contributed by atoms with van der Waals surface area (Å²) in [6.07, 6.45) is 6.93. The number of aliphatic carboxylic acids is 1. The van der Waals surface area contributed by atoms with Gasteiger partial charge in [-0.05, 0) is 50.2 Å². The summed E-state index contributed by atoms with van der Waals surface area (Å²) < 4.78 is 13.0. The first-order valence-electron chi connectivity index (χ1n) is 11.4. The van der Waals surface area contributed by atoms with Crippen LogP contribution in [0.5, 0.6) is 5.75 Å². The lowest BCUT2D eigenvalue weighted by molar-refractivity contribution is -0.231. The Morgan fingerprint density at radius 2 is 2.03 bits per heavy atom. The van der Waals surface area contributed by atoms with E-state index in [1.54, 1.807) is 35.9 Å². The Labute approximate surface area is 191 Å². The maximum atomic E-state index is 12.3. The molecular formula is C23H29N5O5. The molecule has 2 bridgehead atoms. The van der Waals surface area contributed by atoms with Crippen molar-refractivity contribution in [1.29, 1.82) is 0 Å². The average molecular weight is 456 g/mol. The molecule has 6 rings (SSSR count). The number of carbonyl (C=O) groups is 2. The molecule has 0 atom stereocenters. The lowest BCUT2D eigenvalue weighted by Crippen LogP contribution is -2.67. The van der Waals surface area contributed by atoms with Gasteiger partial charge in [-0.1, -0.05) is 11.6 Å². The predicted octanol–water partition coefficient (Wildman–Crippen LogP) is 2.88. The first-order valence-corrected chi connectivity index (χ1v) is 11.4. The molecule has 0 spiro atoms. The Morgan fingerprint density at radius 3 is 2.64 bits per heavy atom. The second-order valence-electron chi connectivity index (χ2n) is 10.0. The van der Waals surface area contributed by atoms with Gasteiger partial charge in [-0.2, -0.15) is 0 Å². The van der Waals surface area contributed by atoms with Crippen molar-refractivity contribution in [1.82, 2.24) is 24.9 Å². The number of pyridine rings is 1. The number of hydrogen-bond acceptors (Lipinski definition) is 7. The Balaban J connectivity index is 1.16. The van der Waals surface area contributed by atoms with Crippen molar-refractivity contribution in [3.8, 4) is 17.1 Å². The maximum Gasteiger partial charge on any atom is 0.409 e. The van der Waals surface area contributed by atoms with Gasteiger partial charge in [-0.25, -0.2) is 9.48 Å². The normalized spacial score (nSPS) is 25.4. The van der Waals surface area contributed by atoms with Gasteiger partial charge < -0.3 is 19.5 Å². The van der Waals surface area contributed by atoms with Crippen molar-refractivity contribution < 1.29 is 24.2 Å². The number of carbonyl (C=O) groups excluding carboxylic acids is 1. The highest BCUT2D eigenvalue weighted by molar-refractivity contribution is 5.79. The quantitative estimate of drug-likeness (QED) is 0.613. The fraction of sp³-hybridized carbons (Fsp3) is 0.609. The van der Waals surface area contributed by atoms with E-state index >= 15 is 0 Å². The van der Waals surface area contributed by atoms with Gasteiger partial charge in [0.2, 0.25) is 0 Å². The highest BCUT2D eigenvalue weighted by atomic mass is 16.6. The summed E-state index contributed by atoms with van der Waals surface area (Å²) in [5.74, 6) is 0.516. The van der Waals surface area contributed by atoms with Crippen molar-refractivity contribution in [3.05, 3.63) is 24.0 Å². The summed E-state index contributed by atoms with van der Waals surface area (Å²) in [4.78, 5) is 29.7. The summed E-state index contributed by atoms with van der Waals surface area (Å²) in [7, 11) is 3.51. The van der Waals surface area contributed by atoms with Gasteiger partial charge in [-0.15, -0.1) is 5.10 Å². The molecule has 1 amide bonds. The van der Waals surface area contributed by atoms with Crippen LogP contribution in [0.25, 0.3) is 11.4 Å². The van der Waals surface area contributed by atoms with Crippen molar-refractivity contribution in [2.75, 3.05) is 20.2 Å². The Hall–Kier alpha value is -3.17. The number of rotatable bonds is 9. The molecule has 33 heavy (non-hydrogen) atoms. The van der Waals surface area contributed by atoms with Gasteiger partial charge in [0.1, 0.15) is 23.7 Å². The van der Waals surface area contributed by atoms with Gasteiger partial charge in [0.25, 0.3) is 0 Å². The molecule has 1 N–H and O–H groups in total. The van der Waals surface area contributed by atoms with E-state index in [2.05, 4.69) is 15.3 Å². The minimum absolute atomic E-state index is 0.00477. The number of amides is 1. The Bertz CT molecular complexity index is 1040. The molecule has 0 aliphatic heterocycles. The van der Waals surface area contributed by atoms with Crippen molar-refractivity contribution in [2.45, 2.75) is 45.1 Å². The topological polar surface area (TPSA) is 120 Å². The van der Waals surface area contributed by atoms with E-state index in [0.29, 0.717) is 54.6 Å². The molecule has 0 aromatic carbocycles. The van der Waals surface area contributed by atoms with E-state index in [9.17, 15) is 14.7 Å². The highest BCUT2D eigenvalue weighted by Gasteiger charge is 2.72. The molecular weight excluding hydrogens is 426 g/mol. The molecule has 0 unspecified atom stereocenters. The number of carboxylic acids is 1. The van der Waals surface area contributed by atoms with Crippen LogP contribution in [0.15, 0.2) is 18.3 Å². The van der Waals surface area contributed by atoms with Gasteiger partial charge in [0.15, 0.2) is 0 Å². The molecule has 176 valence electrons. The van der Waals surface area contributed by atoms with Crippen LogP contribution in [0.2, 0.25) is 0 Å². The molecule has 4 fully saturated rings. The number of aromatic nitrogens is 4. The number of aryl methyl sites for hydroxylation is 1. The summed E-state index contributed by atoms with van der Waals surface area (Å²) in [5, 5.41) is 17.5. The van der Waals surface area contributed by atoms with Crippen LogP contribution in [0.1, 0.15) is 44.2 Å². The zero-order valence-electron chi connectivity index (χ0n) is 19.0. The monoisotopic (exact) mass is 455 g/mol. The van der Waals surface area contributed by atoms with E-state index in [-0.39, 0.29) is 18.1 Å². The number of ether oxygens (including phenoxy) is 2. The van der Waals surface area contributed by atoms with E-state index in [1.165, 1.54) is 19.3 Å². The minimum atomic E-state index is -0.689. The van der Waals surface area contributed by atoms with Crippen molar-refractivity contribution >= 4 is 12.1 Å². The zero-order chi connectivity index (χ0) is 23.2. The highest BCUT2D eigenvalue weighted by Crippen LogP contribution is 2.73. The largest absolute Gasteiger partial charge is 0.491 e. The van der Waals surface area contributed by atoms with Crippen LogP contribution in [0.3, 0.4) is 0 Å². The minimum Gasteiger partial charge on any atom is -0.491 e. The first-order chi connectivity index (χ1) is 15.8. The van der Waals surface area contributed by atoms with E-state index < -0.39 is 11.4 Å². The second-order valence-corrected chi connectivity index (χ2v) is 10.0. The Kier molecular flexibility index (Phi) is 5.25. The number of carboxylic acid groups (broad SMARTS) is 1. The summed E-state index contributed by atoms with van der Waals surface area (Å²) in [5.41, 5.74) is 1.34. The van der Waals surface area contributed by atoms with Crippen LogP contribution < -0.4 is 4.74 Å². The van der Waals surface area contributed by atoms with Crippen molar-refractivity contribution in [3.63, 3.8) is 0 Å². The molecule has 4 aliphatic carbocycles. The van der Waals surface area contributed by atoms with Gasteiger partial charge in [0.05, 0.1) is 23.9 Å². The lowest BCUT2D eigenvalue weighted by atomic mass is 9.35. The third-order valence-corrected chi connectivity index (χ3v) is 7.46. The standard InChI is InChI=1S/C23H29N5O5/c1-27(9-15-4-3-5-15)21(31)32-10-18-19(25-26-28(18)2)17-7-6-16(8-24-17)33-14-22-11-23(12-22,13-22)20(29)30/h6-8,15H,3-5,9-14H2,1-2H3,(H,29,30). The number of nitrogens with zero attached hydrogens (tertiary/aromatic N) is 5. The molecule has 2 heterocycles. The van der Waals surface area contributed by atoms with Crippen molar-refractivity contribution in [2.24, 2.45) is 23.8 Å². The lowest BCUT2D eigenvalue weighted by Gasteiger charge is -2.67. The van der Waals surface area contributed by atoms with Crippen LogP contribution in [0.4, 0.5) is 4.79 Å². The fourth-order valence-electron chi connectivity index (χ4n) is 5.34. The van der Waals surface area contributed by atoms with E-state index in [1.807, 2.05) is 6.07 Å². The average Bonchev–Trinajstić information content (AvgIpc) is 3.07. The summed E-state index contributed by atoms with van der Waals surface area (Å²) >= 11 is 0. The summed E-state index contributed by atoms with van der Waals surface area (Å²) in [6.45, 7) is 1.28. The van der Waals surface area contributed by atoms with Crippen LogP contribution in [0, 0.1) is 16.7 Å². The molecule has 2 aromatic heterocycles. The maximum absolute atomic E-state index is 12.3. The number of hydrogen-bond donors (Lipinski definition) is 1. The smallest absolute Gasteiger partial charge is 0.409 e. The first kappa shape index (κ1) is 21.7. The third-order valence-electron chi connectivity index (χ3n) is 7.46. The van der Waals surface area contributed by atoms with Crippen LogP contribution >= 0.6 is 0 Å². The van der Waals surface area contributed by atoms with Gasteiger partial charge >= 0.3 is 12.1 Å². The SMILES string of the molecule is CN(CC1CCC1)C(=O)OCc1c(-c2ccc(OCC34CC(C(=O)O)(C3)C4)cn2)nnn1C. The second kappa shape index (κ2) is 8.00. The summed E-state index contributed by atoms with van der Waals surface area (Å²) in [6, 6.07) is 3.62.